The molecule has 3 N–H and O–H groups in total. The smallest absolute Gasteiger partial charge is 0.326 e. The van der Waals surface area contributed by atoms with Crippen LogP contribution in [0, 0.1) is 0 Å². The Morgan fingerprint density at radius 1 is 1.40 bits per heavy atom. The van der Waals surface area contributed by atoms with E-state index in [0.717, 1.165) is 6.42 Å². The summed E-state index contributed by atoms with van der Waals surface area (Å²) in [7, 11) is 0. The number of oxime groups is 1. The number of amidine groups is 1. The molecule has 0 heterocycles. The van der Waals surface area contributed by atoms with Gasteiger partial charge in [-0.25, -0.2) is 0 Å². The Balaban J connectivity index is 2.56. The molecule has 0 atom stereocenters. The molecule has 0 aliphatic rings. The van der Waals surface area contributed by atoms with Crippen LogP contribution in [-0.4, -0.2) is 11.2 Å². The van der Waals surface area contributed by atoms with Gasteiger partial charge in [0.1, 0.15) is 5.75 Å². The Kier molecular flexibility index (Phi) is 4.47. The van der Waals surface area contributed by atoms with Crippen LogP contribution in [0.4, 0.5) is 0 Å². The van der Waals surface area contributed by atoms with Crippen LogP contribution in [0.25, 0.3) is 0 Å². The molecule has 0 fully saturated rings. The number of unbranched alkanes of at least 4 members (excludes halogenated alkanes) is 1. The lowest BCUT2D eigenvalue weighted by Crippen LogP contribution is -2.19. The van der Waals surface area contributed by atoms with Gasteiger partial charge in [0.2, 0.25) is 0 Å². The summed E-state index contributed by atoms with van der Waals surface area (Å²) in [6.07, 6.45) is 3.43. The van der Waals surface area contributed by atoms with Crippen molar-refractivity contribution in [2.24, 2.45) is 10.9 Å². The van der Waals surface area contributed by atoms with Crippen LogP contribution in [0.5, 0.6) is 5.75 Å². The van der Waals surface area contributed by atoms with E-state index >= 15 is 0 Å². The van der Waals surface area contributed by atoms with Crippen molar-refractivity contribution in [3.05, 3.63) is 29.8 Å². The SMILES string of the molecule is CCCCc1ccc(OC(N)=NO)cc1. The maximum Gasteiger partial charge on any atom is 0.326 e. The maximum absolute atomic E-state index is 8.30. The van der Waals surface area contributed by atoms with Gasteiger partial charge in [0, 0.05) is 0 Å². The Morgan fingerprint density at radius 2 is 2.07 bits per heavy atom. The van der Waals surface area contributed by atoms with E-state index < -0.39 is 0 Å². The molecule has 0 amide bonds. The molecule has 15 heavy (non-hydrogen) atoms. The van der Waals surface area contributed by atoms with Crippen LogP contribution in [0.1, 0.15) is 25.3 Å². The molecule has 0 bridgehead atoms. The summed E-state index contributed by atoms with van der Waals surface area (Å²) in [4.78, 5) is 0. The molecule has 0 aliphatic heterocycles. The highest BCUT2D eigenvalue weighted by atomic mass is 16.5. The second kappa shape index (κ2) is 5.90. The molecule has 0 radical (unpaired) electrons. The van der Waals surface area contributed by atoms with Crippen LogP contribution in [0.3, 0.4) is 0 Å². The maximum atomic E-state index is 8.30. The Morgan fingerprint density at radius 3 is 2.60 bits per heavy atom. The largest absolute Gasteiger partial charge is 0.424 e. The summed E-state index contributed by atoms with van der Waals surface area (Å²) >= 11 is 0. The fourth-order valence-corrected chi connectivity index (χ4v) is 1.25. The minimum atomic E-state index is -0.253. The monoisotopic (exact) mass is 208 g/mol. The average molecular weight is 208 g/mol. The molecule has 82 valence electrons. The summed E-state index contributed by atoms with van der Waals surface area (Å²) in [6, 6.07) is 7.33. The first-order valence-corrected chi connectivity index (χ1v) is 5.00. The molecule has 0 unspecified atom stereocenters. The highest BCUT2D eigenvalue weighted by Gasteiger charge is 1.98. The zero-order chi connectivity index (χ0) is 11.1. The van der Waals surface area contributed by atoms with E-state index in [-0.39, 0.29) is 6.02 Å². The fraction of sp³-hybridized carbons (Fsp3) is 0.364. The van der Waals surface area contributed by atoms with Crippen molar-refractivity contribution < 1.29 is 9.94 Å². The van der Waals surface area contributed by atoms with Gasteiger partial charge in [-0.1, -0.05) is 25.5 Å². The summed E-state index contributed by atoms with van der Waals surface area (Å²) in [5.74, 6) is 0.575. The lowest BCUT2D eigenvalue weighted by Gasteiger charge is -2.04. The topological polar surface area (TPSA) is 67.8 Å². The van der Waals surface area contributed by atoms with Gasteiger partial charge in [-0.2, -0.15) is 0 Å². The number of hydrogen-bond acceptors (Lipinski definition) is 3. The third-order valence-electron chi connectivity index (χ3n) is 2.06. The summed E-state index contributed by atoms with van der Waals surface area (Å²) < 4.78 is 5.00. The first-order valence-electron chi connectivity index (χ1n) is 5.00. The number of aryl methyl sites for hydroxylation is 1. The van der Waals surface area contributed by atoms with E-state index in [1.165, 1.54) is 18.4 Å². The molecule has 4 heteroatoms. The van der Waals surface area contributed by atoms with E-state index in [0.29, 0.717) is 5.75 Å². The van der Waals surface area contributed by atoms with Crippen LogP contribution in [0.2, 0.25) is 0 Å². The standard InChI is InChI=1S/C11H16N2O2/c1-2-3-4-9-5-7-10(8-6-9)15-11(12)13-14/h5-8,14H,2-4H2,1H3,(H2,12,13). The molecular weight excluding hydrogens is 192 g/mol. The van der Waals surface area contributed by atoms with E-state index in [1.807, 2.05) is 24.3 Å². The van der Waals surface area contributed by atoms with E-state index in [4.69, 9.17) is 15.7 Å². The minimum absolute atomic E-state index is 0.253. The predicted octanol–water partition coefficient (Wildman–Crippen LogP) is 2.11. The van der Waals surface area contributed by atoms with Gasteiger partial charge >= 0.3 is 6.02 Å². The zero-order valence-corrected chi connectivity index (χ0v) is 8.81. The van der Waals surface area contributed by atoms with Crippen LogP contribution in [-0.2, 0) is 6.42 Å². The van der Waals surface area contributed by atoms with E-state index in [9.17, 15) is 0 Å². The fourth-order valence-electron chi connectivity index (χ4n) is 1.25. The molecule has 0 saturated carbocycles. The lowest BCUT2D eigenvalue weighted by molar-refractivity contribution is 0.302. The van der Waals surface area contributed by atoms with Crippen molar-refractivity contribution >= 4 is 6.02 Å². The Labute approximate surface area is 89.4 Å². The molecule has 1 aromatic carbocycles. The molecule has 0 spiro atoms. The zero-order valence-electron chi connectivity index (χ0n) is 8.81. The van der Waals surface area contributed by atoms with Crippen LogP contribution in [0.15, 0.2) is 29.4 Å². The molecule has 1 aromatic rings. The van der Waals surface area contributed by atoms with Gasteiger partial charge in [-0.05, 0) is 35.7 Å². The van der Waals surface area contributed by atoms with Gasteiger partial charge in [0.05, 0.1) is 0 Å². The predicted molar refractivity (Wildman–Crippen MR) is 59.1 cm³/mol. The lowest BCUT2D eigenvalue weighted by atomic mass is 10.1. The first kappa shape index (κ1) is 11.4. The molecule has 1 rings (SSSR count). The second-order valence-corrected chi connectivity index (χ2v) is 3.29. The number of nitrogens with two attached hydrogens (primary N) is 1. The Hall–Kier alpha value is -1.71. The Bertz CT molecular complexity index is 320. The number of nitrogens with zero attached hydrogens (tertiary/aromatic N) is 1. The van der Waals surface area contributed by atoms with Crippen molar-refractivity contribution in [2.45, 2.75) is 26.2 Å². The number of benzene rings is 1. The minimum Gasteiger partial charge on any atom is -0.424 e. The van der Waals surface area contributed by atoms with Gasteiger partial charge in [-0.3, -0.25) is 0 Å². The molecule has 0 aromatic heterocycles. The van der Waals surface area contributed by atoms with Crippen LogP contribution < -0.4 is 10.5 Å². The normalized spacial score (nSPS) is 11.4. The third-order valence-corrected chi connectivity index (χ3v) is 2.06. The van der Waals surface area contributed by atoms with E-state index in [2.05, 4.69) is 12.1 Å². The highest BCUT2D eigenvalue weighted by molar-refractivity contribution is 5.73. The number of ether oxygens (including phenoxy) is 1. The molecule has 4 nitrogen and oxygen atoms in total. The van der Waals surface area contributed by atoms with Crippen molar-refractivity contribution in [3.63, 3.8) is 0 Å². The third kappa shape index (κ3) is 3.89. The number of hydrogen-bond donors (Lipinski definition) is 2. The molecule has 0 aliphatic carbocycles. The summed E-state index contributed by atoms with van der Waals surface area (Å²) in [5.41, 5.74) is 6.47. The highest BCUT2D eigenvalue weighted by Crippen LogP contribution is 2.13. The number of rotatable bonds is 4. The molecule has 0 saturated heterocycles. The van der Waals surface area contributed by atoms with Gasteiger partial charge in [-0.15, -0.1) is 0 Å². The first-order chi connectivity index (χ1) is 7.26. The van der Waals surface area contributed by atoms with Crippen molar-refractivity contribution in [2.75, 3.05) is 0 Å². The summed E-state index contributed by atoms with van der Waals surface area (Å²) in [6.45, 7) is 2.16. The quantitative estimate of drug-likeness (QED) is 0.344. The van der Waals surface area contributed by atoms with Crippen molar-refractivity contribution in [1.82, 2.24) is 0 Å². The summed E-state index contributed by atoms with van der Waals surface area (Å²) in [5, 5.41) is 11.0. The van der Waals surface area contributed by atoms with Crippen molar-refractivity contribution in [3.8, 4) is 5.75 Å². The van der Waals surface area contributed by atoms with Gasteiger partial charge in [0.15, 0.2) is 0 Å². The molecular formula is C11H16N2O2. The van der Waals surface area contributed by atoms with E-state index in [1.54, 1.807) is 0 Å². The average Bonchev–Trinajstić information content (AvgIpc) is 2.28. The second-order valence-electron chi connectivity index (χ2n) is 3.29. The van der Waals surface area contributed by atoms with Crippen LogP contribution >= 0.6 is 0 Å². The van der Waals surface area contributed by atoms with Gasteiger partial charge < -0.3 is 15.7 Å². The van der Waals surface area contributed by atoms with Crippen molar-refractivity contribution in [1.29, 1.82) is 0 Å². The van der Waals surface area contributed by atoms with Gasteiger partial charge in [0.25, 0.3) is 0 Å².